The number of alkyl halides is 3. The van der Waals surface area contributed by atoms with Crippen molar-refractivity contribution in [2.45, 2.75) is 32.5 Å². The fourth-order valence-corrected chi connectivity index (χ4v) is 3.15. The molecule has 1 N–H and O–H groups in total. The van der Waals surface area contributed by atoms with Gasteiger partial charge in [-0.05, 0) is 12.8 Å². The van der Waals surface area contributed by atoms with E-state index in [9.17, 15) is 13.2 Å². The summed E-state index contributed by atoms with van der Waals surface area (Å²) in [6.45, 7) is 2.18. The highest BCUT2D eigenvalue weighted by atomic mass is 32.1. The fourth-order valence-electron chi connectivity index (χ4n) is 2.11. The number of aryl methyl sites for hydroxylation is 1. The molecule has 18 heavy (non-hydrogen) atoms. The predicted molar refractivity (Wildman–Crippen MR) is 63.8 cm³/mol. The van der Waals surface area contributed by atoms with Gasteiger partial charge in [-0.2, -0.15) is 13.2 Å². The van der Waals surface area contributed by atoms with Crippen molar-refractivity contribution < 1.29 is 18.3 Å². The predicted octanol–water partition coefficient (Wildman–Crippen LogP) is 2.59. The maximum absolute atomic E-state index is 12.6. The SMILES string of the molecule is CCc1nc(N2CCC(C(F)(F)F)C2)sc1CO. The lowest BCUT2D eigenvalue weighted by Crippen LogP contribution is -2.27. The van der Waals surface area contributed by atoms with Crippen molar-refractivity contribution in [3.63, 3.8) is 0 Å². The Morgan fingerprint density at radius 1 is 1.50 bits per heavy atom. The number of halogens is 3. The molecule has 0 amide bonds. The third kappa shape index (κ3) is 2.61. The van der Waals surface area contributed by atoms with Crippen LogP contribution in [-0.4, -0.2) is 29.4 Å². The average molecular weight is 280 g/mol. The molecule has 0 aliphatic carbocycles. The normalized spacial score (nSPS) is 20.7. The summed E-state index contributed by atoms with van der Waals surface area (Å²) in [5.41, 5.74) is 0.785. The van der Waals surface area contributed by atoms with Crippen LogP contribution in [0, 0.1) is 5.92 Å². The van der Waals surface area contributed by atoms with Crippen LogP contribution in [0.25, 0.3) is 0 Å². The molecule has 1 unspecified atom stereocenters. The molecular weight excluding hydrogens is 265 g/mol. The molecular formula is C11H15F3N2OS. The topological polar surface area (TPSA) is 36.4 Å². The molecule has 2 rings (SSSR count). The number of aromatic nitrogens is 1. The molecule has 0 radical (unpaired) electrons. The summed E-state index contributed by atoms with van der Waals surface area (Å²) >= 11 is 1.29. The number of thiazole rings is 1. The van der Waals surface area contributed by atoms with Crippen LogP contribution in [0.2, 0.25) is 0 Å². The highest BCUT2D eigenvalue weighted by Gasteiger charge is 2.44. The van der Waals surface area contributed by atoms with E-state index in [1.807, 2.05) is 6.92 Å². The number of nitrogens with zero attached hydrogens (tertiary/aromatic N) is 2. The van der Waals surface area contributed by atoms with Crippen LogP contribution in [0.5, 0.6) is 0 Å². The van der Waals surface area contributed by atoms with Crippen molar-refractivity contribution in [1.29, 1.82) is 0 Å². The zero-order valence-electron chi connectivity index (χ0n) is 10.00. The van der Waals surface area contributed by atoms with E-state index in [4.69, 9.17) is 5.11 Å². The summed E-state index contributed by atoms with van der Waals surface area (Å²) in [7, 11) is 0. The second-order valence-corrected chi connectivity index (χ2v) is 5.41. The molecule has 1 atom stereocenters. The molecule has 3 nitrogen and oxygen atoms in total. The quantitative estimate of drug-likeness (QED) is 0.924. The van der Waals surface area contributed by atoms with Crippen LogP contribution >= 0.6 is 11.3 Å². The minimum absolute atomic E-state index is 0.0228. The van der Waals surface area contributed by atoms with Gasteiger partial charge in [0, 0.05) is 13.1 Å². The van der Waals surface area contributed by atoms with E-state index < -0.39 is 12.1 Å². The molecule has 1 saturated heterocycles. The van der Waals surface area contributed by atoms with E-state index >= 15 is 0 Å². The third-order valence-electron chi connectivity index (χ3n) is 3.17. The second-order valence-electron chi connectivity index (χ2n) is 4.35. The Balaban J connectivity index is 2.12. The van der Waals surface area contributed by atoms with E-state index in [2.05, 4.69) is 4.98 Å². The molecule has 0 bridgehead atoms. The summed E-state index contributed by atoms with van der Waals surface area (Å²) in [5.74, 6) is -1.26. The first-order valence-electron chi connectivity index (χ1n) is 5.86. The zero-order chi connectivity index (χ0) is 13.3. The smallest absolute Gasteiger partial charge is 0.391 e. The summed E-state index contributed by atoms with van der Waals surface area (Å²) in [4.78, 5) is 6.74. The second kappa shape index (κ2) is 5.05. The molecule has 7 heteroatoms. The lowest BCUT2D eigenvalue weighted by atomic mass is 10.1. The van der Waals surface area contributed by atoms with Crippen LogP contribution in [0.1, 0.15) is 23.9 Å². The third-order valence-corrected chi connectivity index (χ3v) is 4.31. The minimum Gasteiger partial charge on any atom is -0.391 e. The average Bonchev–Trinajstić information content (AvgIpc) is 2.93. The van der Waals surface area contributed by atoms with Crippen molar-refractivity contribution in [3.8, 4) is 0 Å². The van der Waals surface area contributed by atoms with Crippen LogP contribution in [0.3, 0.4) is 0 Å². The van der Waals surface area contributed by atoms with Gasteiger partial charge in [0.05, 0.1) is 23.1 Å². The Kier molecular flexibility index (Phi) is 3.82. The first kappa shape index (κ1) is 13.6. The van der Waals surface area contributed by atoms with Gasteiger partial charge < -0.3 is 10.0 Å². The minimum atomic E-state index is -4.13. The largest absolute Gasteiger partial charge is 0.393 e. The van der Waals surface area contributed by atoms with Crippen molar-refractivity contribution in [2.24, 2.45) is 5.92 Å². The van der Waals surface area contributed by atoms with E-state index in [0.29, 0.717) is 18.1 Å². The highest BCUT2D eigenvalue weighted by Crippen LogP contribution is 2.37. The Morgan fingerprint density at radius 2 is 2.22 bits per heavy atom. The standard InChI is InChI=1S/C11H15F3N2OS/c1-2-8-9(6-17)18-10(15-8)16-4-3-7(5-16)11(12,13)14/h7,17H,2-6H2,1H3. The zero-order valence-corrected chi connectivity index (χ0v) is 10.8. The molecule has 0 aromatic carbocycles. The number of hydrogen-bond donors (Lipinski definition) is 1. The molecule has 0 saturated carbocycles. The van der Waals surface area contributed by atoms with Crippen LogP contribution < -0.4 is 4.90 Å². The molecule has 0 spiro atoms. The van der Waals surface area contributed by atoms with Gasteiger partial charge in [-0.25, -0.2) is 4.98 Å². The Labute approximate surface area is 107 Å². The van der Waals surface area contributed by atoms with Gasteiger partial charge in [-0.15, -0.1) is 0 Å². The van der Waals surface area contributed by atoms with Crippen LogP contribution in [0.4, 0.5) is 18.3 Å². The summed E-state index contributed by atoms with van der Waals surface area (Å²) in [6.07, 6.45) is -3.32. The number of aliphatic hydroxyl groups is 1. The molecule has 1 aromatic heterocycles. The Hall–Kier alpha value is -0.820. The molecule has 1 aromatic rings. The summed E-state index contributed by atoms with van der Waals surface area (Å²) in [6, 6.07) is 0. The van der Waals surface area contributed by atoms with E-state index in [1.54, 1.807) is 4.90 Å². The van der Waals surface area contributed by atoms with E-state index in [1.165, 1.54) is 11.3 Å². The Bertz CT molecular complexity index is 397. The molecule has 102 valence electrons. The van der Waals surface area contributed by atoms with Crippen LogP contribution in [-0.2, 0) is 13.0 Å². The summed E-state index contributed by atoms with van der Waals surface area (Å²) < 4.78 is 37.7. The van der Waals surface area contributed by atoms with Gasteiger partial charge >= 0.3 is 6.18 Å². The lowest BCUT2D eigenvalue weighted by Gasteiger charge is -2.16. The Morgan fingerprint density at radius 3 is 2.67 bits per heavy atom. The van der Waals surface area contributed by atoms with Crippen molar-refractivity contribution in [1.82, 2.24) is 4.98 Å². The van der Waals surface area contributed by atoms with Crippen LogP contribution in [0.15, 0.2) is 0 Å². The van der Waals surface area contributed by atoms with Gasteiger partial charge in [-0.1, -0.05) is 18.3 Å². The summed E-state index contributed by atoms with van der Waals surface area (Å²) in [5, 5.41) is 9.76. The van der Waals surface area contributed by atoms with Gasteiger partial charge in [0.1, 0.15) is 0 Å². The first-order valence-corrected chi connectivity index (χ1v) is 6.68. The van der Waals surface area contributed by atoms with Gasteiger partial charge in [0.15, 0.2) is 5.13 Å². The molecule has 1 fully saturated rings. The monoisotopic (exact) mass is 280 g/mol. The van der Waals surface area contributed by atoms with E-state index in [-0.39, 0.29) is 19.6 Å². The maximum atomic E-state index is 12.6. The molecule has 2 heterocycles. The van der Waals surface area contributed by atoms with Crippen molar-refractivity contribution in [3.05, 3.63) is 10.6 Å². The van der Waals surface area contributed by atoms with E-state index in [0.717, 1.165) is 10.6 Å². The lowest BCUT2D eigenvalue weighted by molar-refractivity contribution is -0.168. The molecule has 1 aliphatic heterocycles. The first-order chi connectivity index (χ1) is 8.45. The molecule has 1 aliphatic rings. The van der Waals surface area contributed by atoms with Crippen molar-refractivity contribution >= 4 is 16.5 Å². The van der Waals surface area contributed by atoms with Gasteiger partial charge in [-0.3, -0.25) is 0 Å². The van der Waals surface area contributed by atoms with Crippen molar-refractivity contribution in [2.75, 3.05) is 18.0 Å². The maximum Gasteiger partial charge on any atom is 0.393 e. The van der Waals surface area contributed by atoms with Gasteiger partial charge in [0.2, 0.25) is 0 Å². The fraction of sp³-hybridized carbons (Fsp3) is 0.727. The number of anilines is 1. The van der Waals surface area contributed by atoms with Gasteiger partial charge in [0.25, 0.3) is 0 Å². The number of aliphatic hydroxyl groups excluding tert-OH is 1. The highest BCUT2D eigenvalue weighted by molar-refractivity contribution is 7.15. The number of hydrogen-bond acceptors (Lipinski definition) is 4. The number of rotatable bonds is 3.